The summed E-state index contributed by atoms with van der Waals surface area (Å²) in [6, 6.07) is 10.6. The number of halogens is 1. The number of nitrogens with zero attached hydrogens (tertiary/aromatic N) is 3. The maximum absolute atomic E-state index is 14.3. The molecule has 2 saturated heterocycles. The van der Waals surface area contributed by atoms with E-state index < -0.39 is 11.9 Å². The SMILES string of the molecule is CNCC1CN(c2ccc(-c3cccnc3)c(F)c2)C(=O)O1.COC=S.N#CC1[C@H]2CNC[C@@H]12. The second-order valence-corrected chi connectivity index (χ2v) is 8.25. The van der Waals surface area contributed by atoms with Crippen molar-refractivity contribution in [3.05, 3.63) is 48.5 Å². The number of thiocarbonyl (C=S) groups is 1. The molecule has 10 heteroatoms. The number of hydrogen-bond acceptors (Lipinski definition) is 8. The Hall–Kier alpha value is -3.13. The maximum Gasteiger partial charge on any atom is 0.414 e. The molecule has 2 N–H and O–H groups in total. The van der Waals surface area contributed by atoms with E-state index in [2.05, 4.69) is 38.6 Å². The molecule has 5 rings (SSSR count). The van der Waals surface area contributed by atoms with E-state index in [-0.39, 0.29) is 6.10 Å². The summed E-state index contributed by atoms with van der Waals surface area (Å²) < 4.78 is 23.8. The zero-order valence-corrected chi connectivity index (χ0v) is 19.9. The van der Waals surface area contributed by atoms with Gasteiger partial charge in [0.25, 0.3) is 0 Å². The summed E-state index contributed by atoms with van der Waals surface area (Å²) in [5.74, 6) is 1.46. The fourth-order valence-corrected chi connectivity index (χ4v) is 4.10. The van der Waals surface area contributed by atoms with Crippen LogP contribution in [0.15, 0.2) is 42.7 Å². The van der Waals surface area contributed by atoms with Crippen molar-refractivity contribution in [1.29, 1.82) is 5.26 Å². The first-order chi connectivity index (χ1) is 16.5. The summed E-state index contributed by atoms with van der Waals surface area (Å²) in [5, 5.41) is 14.6. The Kier molecular flexibility index (Phi) is 9.27. The molecule has 1 saturated carbocycles. The van der Waals surface area contributed by atoms with E-state index in [0.29, 0.717) is 35.8 Å². The third-order valence-corrected chi connectivity index (χ3v) is 6.07. The molecule has 0 bridgehead atoms. The number of cyclic esters (lactones) is 1. The highest BCUT2D eigenvalue weighted by Gasteiger charge is 2.53. The second kappa shape index (κ2) is 12.4. The maximum atomic E-state index is 14.3. The molecular weight excluding hydrogens is 457 g/mol. The molecule has 1 aromatic carbocycles. The standard InChI is InChI=1S/C16H16FN3O2.C6H8N2.C2H4OS/c1-18-9-13-10-20(16(21)22-13)12-4-5-14(15(17)7-12)11-3-2-6-19-8-11;7-1-4-5-2-8-3-6(4)5;1-3-2-4/h2-8,13,18H,9-10H2,1H3;4-6,8H,2-3H2;2H,1H3/t;4?,5-,6+;. The number of rotatable bonds is 5. The first-order valence-corrected chi connectivity index (χ1v) is 11.4. The summed E-state index contributed by atoms with van der Waals surface area (Å²) in [7, 11) is 3.31. The number of ether oxygens (including phenoxy) is 2. The van der Waals surface area contributed by atoms with Gasteiger partial charge in [0.05, 0.1) is 31.3 Å². The average molecular weight is 486 g/mol. The van der Waals surface area contributed by atoms with Gasteiger partial charge in [0.15, 0.2) is 0 Å². The van der Waals surface area contributed by atoms with E-state index in [1.807, 2.05) is 0 Å². The van der Waals surface area contributed by atoms with E-state index >= 15 is 0 Å². The fraction of sp³-hybridized carbons (Fsp3) is 0.417. The lowest BCUT2D eigenvalue weighted by atomic mass is 10.1. The summed E-state index contributed by atoms with van der Waals surface area (Å²) in [6.45, 7) is 3.15. The van der Waals surface area contributed by atoms with Crippen molar-refractivity contribution in [2.45, 2.75) is 6.10 Å². The van der Waals surface area contributed by atoms with E-state index in [1.165, 1.54) is 23.6 Å². The van der Waals surface area contributed by atoms with Crippen LogP contribution in [-0.4, -0.2) is 63.1 Å². The first-order valence-electron chi connectivity index (χ1n) is 10.9. The molecule has 180 valence electrons. The van der Waals surface area contributed by atoms with Gasteiger partial charge >= 0.3 is 6.09 Å². The van der Waals surface area contributed by atoms with Gasteiger partial charge in [-0.2, -0.15) is 5.26 Å². The van der Waals surface area contributed by atoms with Gasteiger partial charge < -0.3 is 20.1 Å². The van der Waals surface area contributed by atoms with Gasteiger partial charge in [-0.1, -0.05) is 6.07 Å². The van der Waals surface area contributed by atoms with Crippen molar-refractivity contribution >= 4 is 29.6 Å². The molecule has 3 fully saturated rings. The van der Waals surface area contributed by atoms with Gasteiger partial charge in [0.2, 0.25) is 0 Å². The molecule has 0 radical (unpaired) electrons. The Bertz CT molecular complexity index is 1010. The molecule has 4 atom stereocenters. The number of amides is 1. The predicted molar refractivity (Wildman–Crippen MR) is 131 cm³/mol. The van der Waals surface area contributed by atoms with E-state index in [9.17, 15) is 9.18 Å². The molecule has 1 amide bonds. The van der Waals surface area contributed by atoms with E-state index in [0.717, 1.165) is 24.9 Å². The zero-order valence-electron chi connectivity index (χ0n) is 19.1. The summed E-state index contributed by atoms with van der Waals surface area (Å²) >= 11 is 4.21. The minimum absolute atomic E-state index is 0.224. The molecule has 1 aliphatic carbocycles. The van der Waals surface area contributed by atoms with Gasteiger partial charge in [-0.25, -0.2) is 9.18 Å². The minimum atomic E-state index is -0.450. The van der Waals surface area contributed by atoms with Crippen molar-refractivity contribution in [3.8, 4) is 17.2 Å². The number of nitrogens with one attached hydrogen (secondary N) is 2. The number of aromatic nitrogens is 1. The highest BCUT2D eigenvalue weighted by Crippen LogP contribution is 2.47. The van der Waals surface area contributed by atoms with Crippen LogP contribution in [-0.2, 0) is 9.47 Å². The average Bonchev–Trinajstić information content (AvgIpc) is 3.13. The number of fused-ring (bicyclic) bond motifs is 1. The van der Waals surface area contributed by atoms with Crippen molar-refractivity contribution in [2.24, 2.45) is 17.8 Å². The van der Waals surface area contributed by atoms with Crippen molar-refractivity contribution in [1.82, 2.24) is 15.6 Å². The van der Waals surface area contributed by atoms with Crippen molar-refractivity contribution in [3.63, 3.8) is 0 Å². The van der Waals surface area contributed by atoms with Gasteiger partial charge in [-0.15, -0.1) is 0 Å². The van der Waals surface area contributed by atoms with Crippen LogP contribution < -0.4 is 15.5 Å². The molecule has 1 aromatic heterocycles. The lowest BCUT2D eigenvalue weighted by Gasteiger charge is -2.14. The number of carbonyl (C=O) groups is 1. The molecule has 2 unspecified atom stereocenters. The highest BCUT2D eigenvalue weighted by molar-refractivity contribution is 7.78. The monoisotopic (exact) mass is 485 g/mol. The Morgan fingerprint density at radius 1 is 1.41 bits per heavy atom. The number of nitriles is 1. The van der Waals surface area contributed by atoms with Crippen LogP contribution in [0.5, 0.6) is 0 Å². The van der Waals surface area contributed by atoms with Crippen molar-refractivity contribution < 1.29 is 18.7 Å². The molecule has 0 spiro atoms. The molecular formula is C24H28FN5O3S. The van der Waals surface area contributed by atoms with Crippen LogP contribution in [0, 0.1) is 34.9 Å². The number of benzene rings is 1. The van der Waals surface area contributed by atoms with Gasteiger partial charge in [0, 0.05) is 30.1 Å². The van der Waals surface area contributed by atoms with Crippen molar-refractivity contribution in [2.75, 3.05) is 45.2 Å². The Balaban J connectivity index is 0.000000220. The number of methoxy groups -OCH3 is 1. The lowest BCUT2D eigenvalue weighted by Crippen LogP contribution is -2.29. The van der Waals surface area contributed by atoms with Crippen LogP contribution in [0.1, 0.15) is 0 Å². The van der Waals surface area contributed by atoms with Gasteiger partial charge in [-0.05, 0) is 68.5 Å². The summed E-state index contributed by atoms with van der Waals surface area (Å²) in [4.78, 5) is 17.3. The normalized spacial score (nSPS) is 23.8. The Morgan fingerprint density at radius 2 is 2.15 bits per heavy atom. The van der Waals surface area contributed by atoms with Crippen LogP contribution in [0.3, 0.4) is 0 Å². The number of pyridine rings is 1. The Morgan fingerprint density at radius 3 is 2.68 bits per heavy atom. The molecule has 2 aromatic rings. The topological polar surface area (TPSA) is 99.5 Å². The first kappa shape index (κ1) is 25.5. The van der Waals surface area contributed by atoms with Crippen LogP contribution in [0.25, 0.3) is 11.1 Å². The smallest absolute Gasteiger partial charge is 0.414 e. The lowest BCUT2D eigenvalue weighted by molar-refractivity contribution is 0.141. The van der Waals surface area contributed by atoms with Crippen LogP contribution in [0.2, 0.25) is 0 Å². The third-order valence-electron chi connectivity index (χ3n) is 5.88. The predicted octanol–water partition coefficient (Wildman–Crippen LogP) is 3.00. The third kappa shape index (κ3) is 6.26. The van der Waals surface area contributed by atoms with E-state index in [4.69, 9.17) is 10.00 Å². The molecule has 3 aliphatic rings. The second-order valence-electron chi connectivity index (χ2n) is 8.05. The van der Waals surface area contributed by atoms with E-state index in [1.54, 1.807) is 43.7 Å². The fourth-order valence-electron chi connectivity index (χ4n) is 4.10. The highest BCUT2D eigenvalue weighted by atomic mass is 32.1. The van der Waals surface area contributed by atoms with Gasteiger partial charge in [0.1, 0.15) is 17.5 Å². The number of piperidine rings is 1. The molecule has 2 aliphatic heterocycles. The largest absolute Gasteiger partial charge is 0.493 e. The summed E-state index contributed by atoms with van der Waals surface area (Å²) in [6.07, 6.45) is 2.57. The zero-order chi connectivity index (χ0) is 24.5. The Labute approximate surface area is 204 Å². The number of carbonyl (C=O) groups excluding carboxylic acids is 1. The number of likely N-dealkylation sites (N-methyl/N-ethyl adjacent to an activating group) is 1. The van der Waals surface area contributed by atoms with Gasteiger partial charge in [-0.3, -0.25) is 9.88 Å². The molecule has 34 heavy (non-hydrogen) atoms. The molecule has 3 heterocycles. The van der Waals surface area contributed by atoms with Crippen LogP contribution >= 0.6 is 12.2 Å². The summed E-state index contributed by atoms with van der Waals surface area (Å²) in [5.41, 5.74) is 2.86. The number of hydrogen-bond donors (Lipinski definition) is 2. The minimum Gasteiger partial charge on any atom is -0.493 e. The molecule has 8 nitrogen and oxygen atoms in total. The van der Waals surface area contributed by atoms with Crippen LogP contribution in [0.4, 0.5) is 14.9 Å². The number of anilines is 1. The quantitative estimate of drug-likeness (QED) is 0.624.